The summed E-state index contributed by atoms with van der Waals surface area (Å²) in [5.41, 5.74) is 4.11. The lowest BCUT2D eigenvalue weighted by Gasteiger charge is -2.09. The molecule has 0 fully saturated rings. The first-order chi connectivity index (χ1) is 11.6. The van der Waals surface area contributed by atoms with Gasteiger partial charge in [0.1, 0.15) is 11.5 Å². The van der Waals surface area contributed by atoms with Crippen LogP contribution in [0.25, 0.3) is 0 Å². The second-order valence-electron chi connectivity index (χ2n) is 5.50. The van der Waals surface area contributed by atoms with Crippen LogP contribution in [0.1, 0.15) is 21.6 Å². The minimum Gasteiger partial charge on any atom is -0.339 e. The van der Waals surface area contributed by atoms with Crippen molar-refractivity contribution in [2.45, 2.75) is 13.8 Å². The number of rotatable bonds is 4. The fraction of sp³-hybridized carbons (Fsp3) is 0.105. The van der Waals surface area contributed by atoms with Gasteiger partial charge in [0, 0.05) is 11.4 Å². The van der Waals surface area contributed by atoms with E-state index in [9.17, 15) is 4.79 Å². The maximum atomic E-state index is 12.3. The second-order valence-corrected chi connectivity index (χ2v) is 5.50. The maximum absolute atomic E-state index is 12.3. The largest absolute Gasteiger partial charge is 0.339 e. The fourth-order valence-corrected chi connectivity index (χ4v) is 2.26. The molecule has 2 aromatic carbocycles. The topological polar surface area (TPSA) is 66.9 Å². The Hall–Kier alpha value is -3.21. The van der Waals surface area contributed by atoms with E-state index in [4.69, 9.17) is 0 Å². The quantitative estimate of drug-likeness (QED) is 0.760. The van der Waals surface area contributed by atoms with Gasteiger partial charge in [0.05, 0.1) is 12.4 Å². The fourth-order valence-electron chi connectivity index (χ4n) is 2.26. The summed E-state index contributed by atoms with van der Waals surface area (Å²) in [5.74, 6) is 0.316. The van der Waals surface area contributed by atoms with E-state index in [0.717, 1.165) is 22.5 Å². The standard InChI is InChI=1S/C19H18N4O/c1-13-7-3-5-9-15(13)22-18-12-20-17(11-21-18)19(24)23-16-10-6-4-8-14(16)2/h3-12H,1-2H3,(H,21,22)(H,23,24). The van der Waals surface area contributed by atoms with E-state index in [1.54, 1.807) is 6.20 Å². The molecule has 1 aromatic heterocycles. The molecule has 3 rings (SSSR count). The van der Waals surface area contributed by atoms with E-state index in [2.05, 4.69) is 20.6 Å². The Labute approximate surface area is 140 Å². The smallest absolute Gasteiger partial charge is 0.275 e. The number of carbonyl (C=O) groups is 1. The summed E-state index contributed by atoms with van der Waals surface area (Å²) in [6, 6.07) is 15.5. The van der Waals surface area contributed by atoms with Crippen LogP contribution in [-0.2, 0) is 0 Å². The van der Waals surface area contributed by atoms with Crippen LogP contribution in [-0.4, -0.2) is 15.9 Å². The maximum Gasteiger partial charge on any atom is 0.275 e. The average molecular weight is 318 g/mol. The lowest BCUT2D eigenvalue weighted by molar-refractivity contribution is 0.102. The number of anilines is 3. The van der Waals surface area contributed by atoms with E-state index in [0.29, 0.717) is 5.82 Å². The highest BCUT2D eigenvalue weighted by Crippen LogP contribution is 2.18. The highest BCUT2D eigenvalue weighted by atomic mass is 16.1. The van der Waals surface area contributed by atoms with Gasteiger partial charge >= 0.3 is 0 Å². The first-order valence-electron chi connectivity index (χ1n) is 7.65. The number of hydrogen-bond acceptors (Lipinski definition) is 4. The van der Waals surface area contributed by atoms with Crippen LogP contribution in [0.2, 0.25) is 0 Å². The number of aromatic nitrogens is 2. The van der Waals surface area contributed by atoms with Gasteiger partial charge in [-0.2, -0.15) is 0 Å². The third-order valence-corrected chi connectivity index (χ3v) is 3.69. The molecule has 0 atom stereocenters. The number of nitrogens with zero attached hydrogens (tertiary/aromatic N) is 2. The highest BCUT2D eigenvalue weighted by molar-refractivity contribution is 6.03. The van der Waals surface area contributed by atoms with Gasteiger partial charge in [-0.3, -0.25) is 4.79 Å². The van der Waals surface area contributed by atoms with Crippen molar-refractivity contribution in [2.75, 3.05) is 10.6 Å². The third-order valence-electron chi connectivity index (χ3n) is 3.69. The molecule has 2 N–H and O–H groups in total. The van der Waals surface area contributed by atoms with E-state index >= 15 is 0 Å². The SMILES string of the molecule is Cc1ccccc1NC(=O)c1cnc(Nc2ccccc2C)cn1. The molecule has 3 aromatic rings. The Kier molecular flexibility index (Phi) is 4.52. The number of aryl methyl sites for hydroxylation is 2. The van der Waals surface area contributed by atoms with Crippen LogP contribution < -0.4 is 10.6 Å². The lowest BCUT2D eigenvalue weighted by atomic mass is 10.2. The number of benzene rings is 2. The third kappa shape index (κ3) is 3.57. The zero-order valence-corrected chi connectivity index (χ0v) is 13.6. The molecule has 1 heterocycles. The van der Waals surface area contributed by atoms with Crippen LogP contribution in [0.3, 0.4) is 0 Å². The van der Waals surface area contributed by atoms with E-state index in [1.165, 1.54) is 6.20 Å². The number of nitrogens with one attached hydrogen (secondary N) is 2. The molecular weight excluding hydrogens is 300 g/mol. The van der Waals surface area contributed by atoms with Crippen LogP contribution in [0, 0.1) is 13.8 Å². The zero-order chi connectivity index (χ0) is 16.9. The van der Waals surface area contributed by atoms with Gasteiger partial charge in [0.25, 0.3) is 5.91 Å². The average Bonchev–Trinajstić information content (AvgIpc) is 2.59. The minimum atomic E-state index is -0.278. The Bertz CT molecular complexity index is 859. The second kappa shape index (κ2) is 6.91. The molecule has 120 valence electrons. The Morgan fingerprint density at radius 3 is 2.04 bits per heavy atom. The van der Waals surface area contributed by atoms with E-state index in [1.807, 2.05) is 62.4 Å². The molecule has 0 saturated heterocycles. The molecule has 1 amide bonds. The van der Waals surface area contributed by atoms with Crippen molar-refractivity contribution in [2.24, 2.45) is 0 Å². The summed E-state index contributed by atoms with van der Waals surface area (Å²) in [5, 5.41) is 6.03. The molecule has 5 nitrogen and oxygen atoms in total. The summed E-state index contributed by atoms with van der Waals surface area (Å²) in [4.78, 5) is 20.7. The number of carbonyl (C=O) groups excluding carboxylic acids is 1. The molecule has 0 bridgehead atoms. The van der Waals surface area contributed by atoms with Crippen molar-refractivity contribution in [3.05, 3.63) is 77.7 Å². The molecule has 0 unspecified atom stereocenters. The van der Waals surface area contributed by atoms with Crippen molar-refractivity contribution in [3.8, 4) is 0 Å². The predicted octanol–water partition coefficient (Wildman–Crippen LogP) is 4.09. The van der Waals surface area contributed by atoms with Gasteiger partial charge < -0.3 is 10.6 Å². The van der Waals surface area contributed by atoms with Crippen LogP contribution in [0.15, 0.2) is 60.9 Å². The first-order valence-corrected chi connectivity index (χ1v) is 7.65. The molecule has 0 aliphatic rings. The van der Waals surface area contributed by atoms with Crippen LogP contribution in [0.4, 0.5) is 17.2 Å². The summed E-state index contributed by atoms with van der Waals surface area (Å²) >= 11 is 0. The molecule has 0 radical (unpaired) electrons. The van der Waals surface area contributed by atoms with Crippen molar-refractivity contribution >= 4 is 23.1 Å². The Morgan fingerprint density at radius 1 is 0.833 bits per heavy atom. The molecule has 0 spiro atoms. The van der Waals surface area contributed by atoms with Gasteiger partial charge in [0.2, 0.25) is 0 Å². The van der Waals surface area contributed by atoms with Gasteiger partial charge in [-0.25, -0.2) is 9.97 Å². The normalized spacial score (nSPS) is 10.2. The predicted molar refractivity (Wildman–Crippen MR) is 95.6 cm³/mol. The van der Waals surface area contributed by atoms with Crippen molar-refractivity contribution in [1.82, 2.24) is 9.97 Å². The highest BCUT2D eigenvalue weighted by Gasteiger charge is 2.10. The summed E-state index contributed by atoms with van der Waals surface area (Å²) in [7, 11) is 0. The van der Waals surface area contributed by atoms with Crippen LogP contribution >= 0.6 is 0 Å². The molecule has 0 aliphatic heterocycles. The monoisotopic (exact) mass is 318 g/mol. The van der Waals surface area contributed by atoms with Crippen molar-refractivity contribution in [3.63, 3.8) is 0 Å². The Balaban J connectivity index is 1.71. The van der Waals surface area contributed by atoms with Gasteiger partial charge in [-0.1, -0.05) is 36.4 Å². The van der Waals surface area contributed by atoms with Gasteiger partial charge in [0.15, 0.2) is 0 Å². The van der Waals surface area contributed by atoms with E-state index < -0.39 is 0 Å². The zero-order valence-electron chi connectivity index (χ0n) is 13.6. The van der Waals surface area contributed by atoms with Crippen molar-refractivity contribution < 1.29 is 4.79 Å². The lowest BCUT2D eigenvalue weighted by Crippen LogP contribution is -2.15. The van der Waals surface area contributed by atoms with Crippen LogP contribution in [0.5, 0.6) is 0 Å². The van der Waals surface area contributed by atoms with Gasteiger partial charge in [-0.15, -0.1) is 0 Å². The molecule has 5 heteroatoms. The molecular formula is C19H18N4O. The molecule has 0 saturated carbocycles. The minimum absolute atomic E-state index is 0.272. The molecule has 0 aliphatic carbocycles. The summed E-state index contributed by atoms with van der Waals surface area (Å²) in [6.45, 7) is 3.95. The number of para-hydroxylation sites is 2. The van der Waals surface area contributed by atoms with E-state index in [-0.39, 0.29) is 11.6 Å². The first kappa shape index (κ1) is 15.7. The number of hydrogen-bond donors (Lipinski definition) is 2. The Morgan fingerprint density at radius 2 is 1.46 bits per heavy atom. The van der Waals surface area contributed by atoms with Gasteiger partial charge in [-0.05, 0) is 37.1 Å². The summed E-state index contributed by atoms with van der Waals surface area (Å²) < 4.78 is 0. The van der Waals surface area contributed by atoms with Crippen molar-refractivity contribution in [1.29, 1.82) is 0 Å². The number of amides is 1. The summed E-state index contributed by atoms with van der Waals surface area (Å²) in [6.07, 6.45) is 3.02. The molecule has 24 heavy (non-hydrogen) atoms.